The van der Waals surface area contributed by atoms with Crippen LogP contribution in [0.5, 0.6) is 17.2 Å². The predicted octanol–water partition coefficient (Wildman–Crippen LogP) is 5.84. The Morgan fingerprint density at radius 3 is 2.32 bits per heavy atom. The molecule has 0 aliphatic heterocycles. The SMILES string of the molecule is CCOc1c(Cl)cccc1Oc1cc(Cl)cc(Cl)c1. The Labute approximate surface area is 126 Å². The number of ether oxygens (including phenoxy) is 2. The molecule has 100 valence electrons. The number of halogens is 3. The Morgan fingerprint density at radius 1 is 1.00 bits per heavy atom. The van der Waals surface area contributed by atoms with Crippen molar-refractivity contribution in [3.8, 4) is 17.2 Å². The van der Waals surface area contributed by atoms with Gasteiger partial charge in [-0.3, -0.25) is 0 Å². The van der Waals surface area contributed by atoms with Gasteiger partial charge in [-0.25, -0.2) is 0 Å². The van der Waals surface area contributed by atoms with Crippen molar-refractivity contribution in [1.82, 2.24) is 0 Å². The van der Waals surface area contributed by atoms with Crippen LogP contribution in [-0.4, -0.2) is 6.61 Å². The molecule has 0 aromatic heterocycles. The lowest BCUT2D eigenvalue weighted by molar-refractivity contribution is 0.321. The van der Waals surface area contributed by atoms with Crippen LogP contribution < -0.4 is 9.47 Å². The van der Waals surface area contributed by atoms with Gasteiger partial charge in [-0.05, 0) is 37.3 Å². The van der Waals surface area contributed by atoms with Crippen molar-refractivity contribution in [2.45, 2.75) is 6.92 Å². The Bertz CT molecular complexity index is 565. The highest BCUT2D eigenvalue weighted by molar-refractivity contribution is 6.34. The molecule has 2 rings (SSSR count). The summed E-state index contributed by atoms with van der Waals surface area (Å²) in [7, 11) is 0. The lowest BCUT2D eigenvalue weighted by Crippen LogP contribution is -1.95. The van der Waals surface area contributed by atoms with Gasteiger partial charge in [-0.15, -0.1) is 0 Å². The largest absolute Gasteiger partial charge is 0.488 e. The maximum atomic E-state index is 6.08. The maximum absolute atomic E-state index is 6.08. The van der Waals surface area contributed by atoms with E-state index in [1.807, 2.05) is 6.92 Å². The van der Waals surface area contributed by atoms with Gasteiger partial charge in [-0.2, -0.15) is 0 Å². The summed E-state index contributed by atoms with van der Waals surface area (Å²) >= 11 is 17.9. The number of rotatable bonds is 4. The van der Waals surface area contributed by atoms with E-state index in [0.717, 1.165) is 0 Å². The summed E-state index contributed by atoms with van der Waals surface area (Å²) in [6, 6.07) is 10.3. The average molecular weight is 318 g/mol. The van der Waals surface area contributed by atoms with Gasteiger partial charge < -0.3 is 9.47 Å². The zero-order valence-electron chi connectivity index (χ0n) is 10.1. The molecule has 0 saturated carbocycles. The topological polar surface area (TPSA) is 18.5 Å². The van der Waals surface area contributed by atoms with Crippen LogP contribution in [0.1, 0.15) is 6.92 Å². The second kappa shape index (κ2) is 6.38. The normalized spacial score (nSPS) is 10.3. The third-order valence-corrected chi connectivity index (χ3v) is 3.02. The van der Waals surface area contributed by atoms with Crippen LogP contribution in [0.15, 0.2) is 36.4 Å². The average Bonchev–Trinajstić information content (AvgIpc) is 2.32. The Hall–Kier alpha value is -1.09. The zero-order chi connectivity index (χ0) is 13.8. The highest BCUT2D eigenvalue weighted by atomic mass is 35.5. The third kappa shape index (κ3) is 3.69. The van der Waals surface area contributed by atoms with Crippen molar-refractivity contribution in [3.05, 3.63) is 51.5 Å². The van der Waals surface area contributed by atoms with Gasteiger partial charge in [0.2, 0.25) is 0 Å². The number of hydrogen-bond acceptors (Lipinski definition) is 2. The molecule has 0 aliphatic carbocycles. The molecular weight excluding hydrogens is 307 g/mol. The Morgan fingerprint density at radius 2 is 1.68 bits per heavy atom. The molecule has 2 aromatic rings. The Balaban J connectivity index is 2.34. The van der Waals surface area contributed by atoms with E-state index in [-0.39, 0.29) is 0 Å². The fraction of sp³-hybridized carbons (Fsp3) is 0.143. The molecule has 0 radical (unpaired) electrons. The van der Waals surface area contributed by atoms with Crippen LogP contribution in [0.25, 0.3) is 0 Å². The first kappa shape index (κ1) is 14.3. The van der Waals surface area contributed by atoms with Crippen LogP contribution in [0, 0.1) is 0 Å². The second-order valence-corrected chi connectivity index (χ2v) is 4.99. The standard InChI is InChI=1S/C14H11Cl3O2/c1-2-18-14-12(17)4-3-5-13(14)19-11-7-9(15)6-10(16)8-11/h3-8H,2H2,1H3. The van der Waals surface area contributed by atoms with E-state index in [0.29, 0.717) is 38.9 Å². The molecule has 0 N–H and O–H groups in total. The molecule has 0 fully saturated rings. The van der Waals surface area contributed by atoms with Gasteiger partial charge in [0, 0.05) is 10.0 Å². The van der Waals surface area contributed by atoms with Gasteiger partial charge in [0.1, 0.15) is 5.75 Å². The molecule has 0 bridgehead atoms. The van der Waals surface area contributed by atoms with Crippen molar-refractivity contribution in [2.24, 2.45) is 0 Å². The molecule has 0 aliphatic rings. The summed E-state index contributed by atoms with van der Waals surface area (Å²) in [6.07, 6.45) is 0. The van der Waals surface area contributed by atoms with E-state index in [1.165, 1.54) is 0 Å². The van der Waals surface area contributed by atoms with Crippen LogP contribution in [0.2, 0.25) is 15.1 Å². The van der Waals surface area contributed by atoms with E-state index in [4.69, 9.17) is 44.3 Å². The first-order chi connectivity index (χ1) is 9.10. The van der Waals surface area contributed by atoms with Crippen molar-refractivity contribution >= 4 is 34.8 Å². The fourth-order valence-corrected chi connectivity index (χ4v) is 2.29. The summed E-state index contributed by atoms with van der Waals surface area (Å²) in [5.74, 6) is 1.55. The first-order valence-corrected chi connectivity index (χ1v) is 6.79. The first-order valence-electron chi connectivity index (χ1n) is 5.65. The highest BCUT2D eigenvalue weighted by Gasteiger charge is 2.11. The lowest BCUT2D eigenvalue weighted by atomic mass is 10.3. The van der Waals surface area contributed by atoms with E-state index in [9.17, 15) is 0 Å². The lowest BCUT2D eigenvalue weighted by Gasteiger charge is -2.13. The fourth-order valence-electron chi connectivity index (χ4n) is 1.57. The monoisotopic (exact) mass is 316 g/mol. The summed E-state index contributed by atoms with van der Waals surface area (Å²) in [6.45, 7) is 2.37. The molecule has 0 heterocycles. The molecule has 0 atom stereocenters. The number of hydrogen-bond donors (Lipinski definition) is 0. The van der Waals surface area contributed by atoms with Crippen LogP contribution in [0.4, 0.5) is 0 Å². The molecule has 0 unspecified atom stereocenters. The van der Waals surface area contributed by atoms with E-state index >= 15 is 0 Å². The van der Waals surface area contributed by atoms with Crippen molar-refractivity contribution in [1.29, 1.82) is 0 Å². The minimum Gasteiger partial charge on any atom is -0.488 e. The van der Waals surface area contributed by atoms with Gasteiger partial charge in [0.25, 0.3) is 0 Å². The van der Waals surface area contributed by atoms with Gasteiger partial charge >= 0.3 is 0 Å². The second-order valence-electron chi connectivity index (χ2n) is 3.71. The summed E-state index contributed by atoms with van der Waals surface area (Å²) in [5, 5.41) is 1.50. The van der Waals surface area contributed by atoms with Crippen LogP contribution in [0.3, 0.4) is 0 Å². The maximum Gasteiger partial charge on any atom is 0.180 e. The molecule has 5 heteroatoms. The van der Waals surface area contributed by atoms with E-state index < -0.39 is 0 Å². The summed E-state index contributed by atoms with van der Waals surface area (Å²) in [5.41, 5.74) is 0. The van der Waals surface area contributed by atoms with Crippen molar-refractivity contribution in [3.63, 3.8) is 0 Å². The predicted molar refractivity (Wildman–Crippen MR) is 79.2 cm³/mol. The van der Waals surface area contributed by atoms with E-state index in [1.54, 1.807) is 36.4 Å². The van der Waals surface area contributed by atoms with Crippen LogP contribution >= 0.6 is 34.8 Å². The molecular formula is C14H11Cl3O2. The molecule has 0 spiro atoms. The molecule has 2 aromatic carbocycles. The van der Waals surface area contributed by atoms with Gasteiger partial charge in [0.05, 0.1) is 11.6 Å². The number of para-hydroxylation sites is 1. The number of benzene rings is 2. The zero-order valence-corrected chi connectivity index (χ0v) is 12.4. The van der Waals surface area contributed by atoms with Gasteiger partial charge in [-0.1, -0.05) is 40.9 Å². The van der Waals surface area contributed by atoms with Crippen LogP contribution in [-0.2, 0) is 0 Å². The minimum absolute atomic E-state index is 0.493. The summed E-state index contributed by atoms with van der Waals surface area (Å²) in [4.78, 5) is 0. The Kier molecular flexibility index (Phi) is 4.81. The quantitative estimate of drug-likeness (QED) is 0.705. The molecule has 19 heavy (non-hydrogen) atoms. The molecule has 0 saturated heterocycles. The minimum atomic E-state index is 0.493. The van der Waals surface area contributed by atoms with Gasteiger partial charge in [0.15, 0.2) is 11.5 Å². The highest BCUT2D eigenvalue weighted by Crippen LogP contribution is 2.38. The molecule has 2 nitrogen and oxygen atoms in total. The van der Waals surface area contributed by atoms with Crippen molar-refractivity contribution in [2.75, 3.05) is 6.61 Å². The van der Waals surface area contributed by atoms with E-state index in [2.05, 4.69) is 0 Å². The molecule has 0 amide bonds. The van der Waals surface area contributed by atoms with Crippen molar-refractivity contribution < 1.29 is 9.47 Å². The smallest absolute Gasteiger partial charge is 0.180 e. The summed E-state index contributed by atoms with van der Waals surface area (Å²) < 4.78 is 11.2. The third-order valence-electron chi connectivity index (χ3n) is 2.28.